The van der Waals surface area contributed by atoms with Gasteiger partial charge in [-0.2, -0.15) is 0 Å². The average Bonchev–Trinajstić information content (AvgIpc) is 2.82. The minimum atomic E-state index is -0.00758. The summed E-state index contributed by atoms with van der Waals surface area (Å²) in [6.45, 7) is 0. The van der Waals surface area contributed by atoms with Crippen LogP contribution in [0.1, 0.15) is 28.2 Å². The predicted octanol–water partition coefficient (Wildman–Crippen LogP) is 6.95. The van der Waals surface area contributed by atoms with Crippen LogP contribution in [0.15, 0.2) is 127 Å². The van der Waals surface area contributed by atoms with Crippen LogP contribution in [0.4, 0.5) is 0 Å². The summed E-state index contributed by atoms with van der Waals surface area (Å²) in [5.74, 6) is 6.85. The predicted molar refractivity (Wildman–Crippen MR) is 122 cm³/mol. The molecule has 29 heavy (non-hydrogen) atoms. The molecule has 1 unspecified atom stereocenters. The van der Waals surface area contributed by atoms with Crippen LogP contribution in [-0.4, -0.2) is 0 Å². The number of rotatable bonds is 4. The lowest BCUT2D eigenvalue weighted by atomic mass is 9.90. The third-order valence-electron chi connectivity index (χ3n) is 4.81. The van der Waals surface area contributed by atoms with E-state index >= 15 is 0 Å². The number of allylic oxidation sites excluding steroid dienone is 1. The van der Waals surface area contributed by atoms with Crippen molar-refractivity contribution in [1.82, 2.24) is 0 Å². The minimum absolute atomic E-state index is 0.00758. The van der Waals surface area contributed by atoms with E-state index in [4.69, 9.17) is 0 Å². The lowest BCUT2D eigenvalue weighted by molar-refractivity contribution is 1.13. The zero-order valence-corrected chi connectivity index (χ0v) is 16.2. The second-order valence-electron chi connectivity index (χ2n) is 6.84. The highest BCUT2D eigenvalue weighted by molar-refractivity contribution is 5.80. The van der Waals surface area contributed by atoms with Gasteiger partial charge in [0.15, 0.2) is 0 Å². The fraction of sp³-hybridized carbons (Fsp3) is 0.0345. The first kappa shape index (κ1) is 18.5. The van der Waals surface area contributed by atoms with Gasteiger partial charge in [0.1, 0.15) is 0 Å². The number of hydrogen-bond acceptors (Lipinski definition) is 0. The van der Waals surface area contributed by atoms with Gasteiger partial charge in [-0.1, -0.05) is 127 Å². The summed E-state index contributed by atoms with van der Waals surface area (Å²) in [6, 6.07) is 41.7. The Hall–Kier alpha value is -3.82. The van der Waals surface area contributed by atoms with E-state index in [0.29, 0.717) is 0 Å². The first-order valence-electron chi connectivity index (χ1n) is 9.84. The van der Waals surface area contributed by atoms with Gasteiger partial charge in [-0.15, -0.1) is 0 Å². The summed E-state index contributed by atoms with van der Waals surface area (Å²) in [5, 5.41) is 0. The third-order valence-corrected chi connectivity index (χ3v) is 4.81. The molecule has 0 spiro atoms. The van der Waals surface area contributed by atoms with Gasteiger partial charge in [0.25, 0.3) is 0 Å². The van der Waals surface area contributed by atoms with E-state index < -0.39 is 0 Å². The van der Waals surface area contributed by atoms with Gasteiger partial charge >= 0.3 is 0 Å². The molecular formula is C29H22. The van der Waals surface area contributed by atoms with Crippen LogP contribution in [0.5, 0.6) is 0 Å². The fourth-order valence-corrected chi connectivity index (χ4v) is 3.33. The Balaban J connectivity index is 1.83. The van der Waals surface area contributed by atoms with Gasteiger partial charge in [-0.25, -0.2) is 0 Å². The molecule has 0 aliphatic heterocycles. The topological polar surface area (TPSA) is 0 Å². The summed E-state index contributed by atoms with van der Waals surface area (Å²) >= 11 is 0. The van der Waals surface area contributed by atoms with Crippen molar-refractivity contribution >= 4 is 5.57 Å². The molecule has 0 radical (unpaired) electrons. The van der Waals surface area contributed by atoms with E-state index in [-0.39, 0.29) is 5.92 Å². The standard InChI is InChI=1S/C29H22/c1-5-13-24(14-6-1)21-22-28(25-15-7-2-8-16-25)23-29(26-17-9-3-10-18-26)27-19-11-4-12-20-27/h1-20,23,28H. The fourth-order valence-electron chi connectivity index (χ4n) is 3.33. The van der Waals surface area contributed by atoms with E-state index in [1.165, 1.54) is 22.3 Å². The molecule has 0 fully saturated rings. The second kappa shape index (κ2) is 9.40. The van der Waals surface area contributed by atoms with Crippen LogP contribution >= 0.6 is 0 Å². The molecule has 138 valence electrons. The normalized spacial score (nSPS) is 11.0. The molecule has 0 saturated carbocycles. The van der Waals surface area contributed by atoms with Crippen LogP contribution in [0, 0.1) is 11.8 Å². The molecule has 0 heteroatoms. The second-order valence-corrected chi connectivity index (χ2v) is 6.84. The molecule has 0 aliphatic rings. The van der Waals surface area contributed by atoms with Gasteiger partial charge in [0.05, 0.1) is 5.92 Å². The zero-order chi connectivity index (χ0) is 19.7. The van der Waals surface area contributed by atoms with Crippen molar-refractivity contribution in [3.8, 4) is 11.8 Å². The molecule has 0 N–H and O–H groups in total. The van der Waals surface area contributed by atoms with Crippen molar-refractivity contribution in [3.05, 3.63) is 150 Å². The maximum absolute atomic E-state index is 3.50. The maximum atomic E-state index is 3.50. The van der Waals surface area contributed by atoms with Crippen LogP contribution in [0.3, 0.4) is 0 Å². The Morgan fingerprint density at radius 1 is 0.552 bits per heavy atom. The van der Waals surface area contributed by atoms with Crippen molar-refractivity contribution in [1.29, 1.82) is 0 Å². The van der Waals surface area contributed by atoms with Gasteiger partial charge in [0.2, 0.25) is 0 Å². The summed E-state index contributed by atoms with van der Waals surface area (Å²) in [6.07, 6.45) is 2.29. The minimum Gasteiger partial charge on any atom is -0.0854 e. The van der Waals surface area contributed by atoms with Crippen LogP contribution in [0.2, 0.25) is 0 Å². The summed E-state index contributed by atoms with van der Waals surface area (Å²) in [5.41, 5.74) is 5.81. The van der Waals surface area contributed by atoms with Crippen LogP contribution < -0.4 is 0 Å². The average molecular weight is 370 g/mol. The van der Waals surface area contributed by atoms with Crippen molar-refractivity contribution in [3.63, 3.8) is 0 Å². The van der Waals surface area contributed by atoms with E-state index in [9.17, 15) is 0 Å². The number of hydrogen-bond donors (Lipinski definition) is 0. The van der Waals surface area contributed by atoms with Gasteiger partial charge in [-0.3, -0.25) is 0 Å². The monoisotopic (exact) mass is 370 g/mol. The van der Waals surface area contributed by atoms with Gasteiger partial charge in [-0.05, 0) is 34.4 Å². The Bertz CT molecular complexity index is 1070. The van der Waals surface area contributed by atoms with E-state index in [2.05, 4.69) is 103 Å². The molecule has 0 nitrogen and oxygen atoms in total. The van der Waals surface area contributed by atoms with Crippen molar-refractivity contribution < 1.29 is 0 Å². The van der Waals surface area contributed by atoms with Gasteiger partial charge in [0, 0.05) is 5.56 Å². The van der Waals surface area contributed by atoms with E-state index in [1.54, 1.807) is 0 Å². The molecule has 4 rings (SSSR count). The van der Waals surface area contributed by atoms with Crippen LogP contribution in [-0.2, 0) is 0 Å². The Labute approximate surface area is 173 Å². The lowest BCUT2D eigenvalue weighted by Crippen LogP contribution is -1.96. The summed E-state index contributed by atoms with van der Waals surface area (Å²) < 4.78 is 0. The summed E-state index contributed by atoms with van der Waals surface area (Å²) in [7, 11) is 0. The smallest absolute Gasteiger partial charge is 0.0645 e. The Morgan fingerprint density at radius 3 is 1.52 bits per heavy atom. The molecule has 1 atom stereocenters. The molecule has 0 bridgehead atoms. The lowest BCUT2D eigenvalue weighted by Gasteiger charge is -2.13. The largest absolute Gasteiger partial charge is 0.0854 e. The molecule has 0 saturated heterocycles. The molecule has 4 aromatic carbocycles. The summed E-state index contributed by atoms with van der Waals surface area (Å²) in [4.78, 5) is 0. The molecular weight excluding hydrogens is 348 g/mol. The molecule has 0 amide bonds. The molecule has 0 heterocycles. The van der Waals surface area contributed by atoms with Gasteiger partial charge < -0.3 is 0 Å². The molecule has 0 aliphatic carbocycles. The maximum Gasteiger partial charge on any atom is 0.0645 e. The number of benzene rings is 4. The van der Waals surface area contributed by atoms with Crippen molar-refractivity contribution in [2.45, 2.75) is 5.92 Å². The quantitative estimate of drug-likeness (QED) is 0.341. The Morgan fingerprint density at radius 2 is 1.00 bits per heavy atom. The van der Waals surface area contributed by atoms with Crippen LogP contribution in [0.25, 0.3) is 5.57 Å². The zero-order valence-electron chi connectivity index (χ0n) is 16.2. The first-order valence-corrected chi connectivity index (χ1v) is 9.84. The molecule has 0 aromatic heterocycles. The SMILES string of the molecule is C(#CC(C=C(c1ccccc1)c1ccccc1)c1ccccc1)c1ccccc1. The molecule has 4 aromatic rings. The third kappa shape index (κ3) is 4.92. The van der Waals surface area contributed by atoms with E-state index in [0.717, 1.165) is 5.56 Å². The Kier molecular flexibility index (Phi) is 6.01. The van der Waals surface area contributed by atoms with Crippen molar-refractivity contribution in [2.75, 3.05) is 0 Å². The van der Waals surface area contributed by atoms with E-state index in [1.807, 2.05) is 36.4 Å². The van der Waals surface area contributed by atoms with Crippen molar-refractivity contribution in [2.24, 2.45) is 0 Å². The highest BCUT2D eigenvalue weighted by Gasteiger charge is 2.10. The highest BCUT2D eigenvalue weighted by Crippen LogP contribution is 2.28. The first-order chi connectivity index (χ1) is 14.4. The highest BCUT2D eigenvalue weighted by atomic mass is 14.1.